The Morgan fingerprint density at radius 2 is 2.41 bits per heavy atom. The Balaban J connectivity index is 2.61. The summed E-state index contributed by atoms with van der Waals surface area (Å²) in [4.78, 5) is 11.6. The molecule has 17 heavy (non-hydrogen) atoms. The highest BCUT2D eigenvalue weighted by atomic mass is 16.5. The largest absolute Gasteiger partial charge is 0.509 e. The Bertz CT molecular complexity index is 291. The highest BCUT2D eigenvalue weighted by Crippen LogP contribution is 2.15. The number of aliphatic hydroxyl groups excluding tert-OH is 1. The second-order valence-electron chi connectivity index (χ2n) is 3.67. The first-order valence-electron chi connectivity index (χ1n) is 5.75. The second kappa shape index (κ2) is 7.26. The van der Waals surface area contributed by atoms with Gasteiger partial charge in [0, 0.05) is 20.2 Å². The molecule has 1 rings (SSSR count). The van der Waals surface area contributed by atoms with Gasteiger partial charge < -0.3 is 14.6 Å². The quantitative estimate of drug-likeness (QED) is 0.448. The maximum absolute atomic E-state index is 11.6. The topological polar surface area (TPSA) is 79.8 Å². The molecule has 0 aromatic carbocycles. The summed E-state index contributed by atoms with van der Waals surface area (Å²) < 4.78 is 9.79. The monoisotopic (exact) mass is 244 g/mol. The molecule has 0 aliphatic carbocycles. The van der Waals surface area contributed by atoms with Crippen LogP contribution in [-0.2, 0) is 14.3 Å². The van der Waals surface area contributed by atoms with Crippen molar-refractivity contribution in [3.8, 4) is 0 Å². The van der Waals surface area contributed by atoms with E-state index in [-0.39, 0.29) is 5.76 Å². The Hall–Kier alpha value is -1.11. The molecular formula is C11H20N2O4. The summed E-state index contributed by atoms with van der Waals surface area (Å²) in [7, 11) is 1.61. The van der Waals surface area contributed by atoms with E-state index in [9.17, 15) is 9.90 Å². The normalized spacial score (nSPS) is 20.5. The van der Waals surface area contributed by atoms with Crippen LogP contribution < -0.4 is 10.6 Å². The molecule has 0 aromatic heterocycles. The zero-order valence-corrected chi connectivity index (χ0v) is 10.3. The third-order valence-electron chi connectivity index (χ3n) is 2.48. The number of aliphatic hydroxyl groups is 1. The van der Waals surface area contributed by atoms with Gasteiger partial charge in [-0.1, -0.05) is 0 Å². The van der Waals surface area contributed by atoms with E-state index in [4.69, 9.17) is 9.47 Å². The van der Waals surface area contributed by atoms with Crippen LogP contribution in [-0.4, -0.2) is 50.7 Å². The molecule has 1 atom stereocenters. The number of methoxy groups -OCH3 is 1. The molecule has 0 radical (unpaired) electrons. The predicted octanol–water partition coefficient (Wildman–Crippen LogP) is -0.0830. The second-order valence-corrected chi connectivity index (χ2v) is 3.67. The van der Waals surface area contributed by atoms with Crippen LogP contribution in [0.2, 0.25) is 0 Å². The van der Waals surface area contributed by atoms with E-state index in [2.05, 4.69) is 10.6 Å². The van der Waals surface area contributed by atoms with Gasteiger partial charge in [0.1, 0.15) is 11.9 Å². The van der Waals surface area contributed by atoms with Gasteiger partial charge in [0.15, 0.2) is 0 Å². The average molecular weight is 244 g/mol. The summed E-state index contributed by atoms with van der Waals surface area (Å²) in [6.07, 6.45) is 0.0749. The SMILES string of the molecule is CCOC(=O)C1=C(O)C(NCCOC)NCC1. The lowest BCUT2D eigenvalue weighted by Crippen LogP contribution is -2.49. The summed E-state index contributed by atoms with van der Waals surface area (Å²) in [6, 6.07) is 0. The number of rotatable bonds is 6. The van der Waals surface area contributed by atoms with E-state index in [1.807, 2.05) is 0 Å². The van der Waals surface area contributed by atoms with Crippen LogP contribution in [0.15, 0.2) is 11.3 Å². The van der Waals surface area contributed by atoms with Crippen molar-refractivity contribution in [3.05, 3.63) is 11.3 Å². The van der Waals surface area contributed by atoms with Gasteiger partial charge in [-0.2, -0.15) is 0 Å². The van der Waals surface area contributed by atoms with Crippen molar-refractivity contribution in [2.75, 3.05) is 33.4 Å². The minimum absolute atomic E-state index is 0.0193. The van der Waals surface area contributed by atoms with Gasteiger partial charge in [0.25, 0.3) is 0 Å². The van der Waals surface area contributed by atoms with Gasteiger partial charge in [0.05, 0.1) is 18.8 Å². The lowest BCUT2D eigenvalue weighted by Gasteiger charge is -2.26. The molecule has 0 fully saturated rings. The fourth-order valence-corrected chi connectivity index (χ4v) is 1.64. The van der Waals surface area contributed by atoms with Crippen LogP contribution in [0.4, 0.5) is 0 Å². The molecule has 1 heterocycles. The van der Waals surface area contributed by atoms with Gasteiger partial charge in [-0.15, -0.1) is 0 Å². The summed E-state index contributed by atoms with van der Waals surface area (Å²) in [5, 5.41) is 16.1. The van der Waals surface area contributed by atoms with E-state index in [0.717, 1.165) is 0 Å². The average Bonchev–Trinajstić information content (AvgIpc) is 2.32. The highest BCUT2D eigenvalue weighted by molar-refractivity contribution is 5.89. The predicted molar refractivity (Wildman–Crippen MR) is 62.6 cm³/mol. The molecule has 0 saturated carbocycles. The standard InChI is InChI=1S/C11H20N2O4/c1-3-17-11(15)8-4-5-12-10(9(8)14)13-6-7-16-2/h10,12-14H,3-7H2,1-2H3. The molecule has 1 unspecified atom stereocenters. The summed E-state index contributed by atoms with van der Waals surface area (Å²) in [5.41, 5.74) is 0.348. The van der Waals surface area contributed by atoms with Crippen LogP contribution in [0, 0.1) is 0 Å². The molecule has 6 heteroatoms. The van der Waals surface area contributed by atoms with Crippen molar-refractivity contribution in [1.29, 1.82) is 0 Å². The molecule has 1 aliphatic rings. The highest BCUT2D eigenvalue weighted by Gasteiger charge is 2.26. The van der Waals surface area contributed by atoms with Gasteiger partial charge in [-0.3, -0.25) is 10.6 Å². The Labute approximate surface area is 101 Å². The van der Waals surface area contributed by atoms with E-state index in [1.54, 1.807) is 14.0 Å². The fraction of sp³-hybridized carbons (Fsp3) is 0.727. The summed E-state index contributed by atoms with van der Waals surface area (Å²) >= 11 is 0. The van der Waals surface area contributed by atoms with E-state index < -0.39 is 12.1 Å². The Morgan fingerprint density at radius 1 is 1.65 bits per heavy atom. The van der Waals surface area contributed by atoms with Gasteiger partial charge in [0.2, 0.25) is 0 Å². The molecule has 98 valence electrons. The number of carbonyl (C=O) groups excluding carboxylic acids is 1. The molecule has 0 amide bonds. The van der Waals surface area contributed by atoms with Crippen molar-refractivity contribution in [2.24, 2.45) is 0 Å². The van der Waals surface area contributed by atoms with Gasteiger partial charge >= 0.3 is 5.97 Å². The van der Waals surface area contributed by atoms with Crippen molar-refractivity contribution < 1.29 is 19.4 Å². The van der Waals surface area contributed by atoms with Crippen LogP contribution in [0.1, 0.15) is 13.3 Å². The number of hydrogen-bond donors (Lipinski definition) is 3. The first-order chi connectivity index (χ1) is 8.20. The Kier molecular flexibility index (Phi) is 5.96. The molecule has 0 saturated heterocycles. The first kappa shape index (κ1) is 14.0. The number of ether oxygens (including phenoxy) is 2. The van der Waals surface area contributed by atoms with Crippen molar-refractivity contribution in [1.82, 2.24) is 10.6 Å². The summed E-state index contributed by atoms with van der Waals surface area (Å²) in [6.45, 7) is 3.81. The molecule has 1 aliphatic heterocycles. The first-order valence-corrected chi connectivity index (χ1v) is 5.75. The third kappa shape index (κ3) is 3.99. The van der Waals surface area contributed by atoms with E-state index >= 15 is 0 Å². The molecule has 6 nitrogen and oxygen atoms in total. The molecule has 0 aromatic rings. The van der Waals surface area contributed by atoms with Crippen molar-refractivity contribution in [3.63, 3.8) is 0 Å². The maximum atomic E-state index is 11.6. The number of nitrogens with one attached hydrogen (secondary N) is 2. The molecule has 0 bridgehead atoms. The number of carbonyl (C=O) groups is 1. The lowest BCUT2D eigenvalue weighted by molar-refractivity contribution is -0.139. The molecule has 3 N–H and O–H groups in total. The zero-order valence-electron chi connectivity index (χ0n) is 10.3. The number of hydrogen-bond acceptors (Lipinski definition) is 6. The molecular weight excluding hydrogens is 224 g/mol. The minimum atomic E-state index is -0.440. The van der Waals surface area contributed by atoms with E-state index in [1.165, 1.54) is 0 Å². The van der Waals surface area contributed by atoms with Crippen LogP contribution >= 0.6 is 0 Å². The summed E-state index contributed by atoms with van der Waals surface area (Å²) in [5.74, 6) is -0.421. The van der Waals surface area contributed by atoms with Gasteiger partial charge in [-0.25, -0.2) is 4.79 Å². The number of esters is 1. The minimum Gasteiger partial charge on any atom is -0.509 e. The fourth-order valence-electron chi connectivity index (χ4n) is 1.64. The third-order valence-corrected chi connectivity index (χ3v) is 2.48. The zero-order chi connectivity index (χ0) is 12.7. The maximum Gasteiger partial charge on any atom is 0.337 e. The lowest BCUT2D eigenvalue weighted by atomic mass is 10.1. The smallest absolute Gasteiger partial charge is 0.337 e. The van der Waals surface area contributed by atoms with Crippen LogP contribution in [0.5, 0.6) is 0 Å². The van der Waals surface area contributed by atoms with E-state index in [0.29, 0.717) is 38.3 Å². The van der Waals surface area contributed by atoms with Crippen LogP contribution in [0.3, 0.4) is 0 Å². The molecule has 0 spiro atoms. The van der Waals surface area contributed by atoms with Crippen molar-refractivity contribution >= 4 is 5.97 Å². The van der Waals surface area contributed by atoms with Gasteiger partial charge in [-0.05, 0) is 13.3 Å². The Morgan fingerprint density at radius 3 is 3.06 bits per heavy atom. The van der Waals surface area contributed by atoms with Crippen LogP contribution in [0.25, 0.3) is 0 Å². The van der Waals surface area contributed by atoms with Crippen molar-refractivity contribution in [2.45, 2.75) is 19.5 Å².